The van der Waals surface area contributed by atoms with Gasteiger partial charge in [0.1, 0.15) is 28.9 Å². The molecule has 1 amide bonds. The summed E-state index contributed by atoms with van der Waals surface area (Å²) in [5.41, 5.74) is 9.73. The summed E-state index contributed by atoms with van der Waals surface area (Å²) in [5, 5.41) is 23.4. The lowest BCUT2D eigenvalue weighted by Gasteiger charge is -2.13. The molecule has 37 heavy (non-hydrogen) atoms. The second-order valence-electron chi connectivity index (χ2n) is 8.47. The fourth-order valence-electron chi connectivity index (χ4n) is 4.33. The maximum Gasteiger partial charge on any atom is 0.248 e. The van der Waals surface area contributed by atoms with Crippen LogP contribution in [-0.4, -0.2) is 43.8 Å². The third kappa shape index (κ3) is 4.65. The zero-order valence-corrected chi connectivity index (χ0v) is 19.7. The number of nitrogens with one attached hydrogen (secondary N) is 1. The Morgan fingerprint density at radius 2 is 1.86 bits per heavy atom. The molecule has 0 aliphatic rings. The van der Waals surface area contributed by atoms with E-state index in [1.807, 2.05) is 24.3 Å². The van der Waals surface area contributed by atoms with Crippen molar-refractivity contribution in [2.75, 3.05) is 13.2 Å². The number of hydrogen-bond donors (Lipinski definition) is 4. The molecule has 5 N–H and O–H groups in total. The first-order chi connectivity index (χ1) is 18.0. The van der Waals surface area contributed by atoms with E-state index in [1.54, 1.807) is 41.0 Å². The van der Waals surface area contributed by atoms with E-state index in [2.05, 4.69) is 15.3 Å². The van der Waals surface area contributed by atoms with E-state index in [-0.39, 0.29) is 23.6 Å². The van der Waals surface area contributed by atoms with Crippen LogP contribution in [-0.2, 0) is 6.54 Å². The van der Waals surface area contributed by atoms with E-state index in [1.165, 1.54) is 18.6 Å². The SMILES string of the molecule is NC(=O)c1cccc(-n2cnc3cnc(-c4ccc(-c5ccccc5CNCCO)cc4F)c(O)c32)c1. The van der Waals surface area contributed by atoms with E-state index < -0.39 is 11.7 Å². The second-order valence-corrected chi connectivity index (χ2v) is 8.47. The van der Waals surface area contributed by atoms with Gasteiger partial charge in [0.25, 0.3) is 0 Å². The number of aromatic hydroxyl groups is 1. The van der Waals surface area contributed by atoms with Gasteiger partial charge >= 0.3 is 0 Å². The number of nitrogens with two attached hydrogens (primary N) is 1. The van der Waals surface area contributed by atoms with Crippen molar-refractivity contribution in [2.24, 2.45) is 5.73 Å². The average Bonchev–Trinajstić information content (AvgIpc) is 3.35. The molecular weight excluding hydrogens is 473 g/mol. The van der Waals surface area contributed by atoms with Gasteiger partial charge in [0.2, 0.25) is 5.91 Å². The summed E-state index contributed by atoms with van der Waals surface area (Å²) < 4.78 is 17.1. The smallest absolute Gasteiger partial charge is 0.248 e. The number of imidazole rings is 1. The molecule has 0 spiro atoms. The first kappa shape index (κ1) is 24.1. The zero-order chi connectivity index (χ0) is 25.9. The normalized spacial score (nSPS) is 11.2. The van der Waals surface area contributed by atoms with Crippen LogP contribution < -0.4 is 11.1 Å². The molecule has 0 bridgehead atoms. The summed E-state index contributed by atoms with van der Waals surface area (Å²) in [7, 11) is 0. The highest BCUT2D eigenvalue weighted by atomic mass is 19.1. The Kier molecular flexibility index (Phi) is 6.63. The molecule has 0 fully saturated rings. The molecule has 2 heterocycles. The standard InChI is InChI=1S/C28H24FN5O3/c29-23-13-17(21-7-2-1-4-19(21)14-31-10-11-35)8-9-22(23)25-27(36)26-24(15-32-25)33-16-34(26)20-6-3-5-18(12-20)28(30)37/h1-9,12-13,15-16,31,35-36H,10-11,14H2,(H2,30,37). The molecule has 0 atom stereocenters. The minimum absolute atomic E-state index is 0.0296. The molecule has 0 aliphatic carbocycles. The van der Waals surface area contributed by atoms with Crippen molar-refractivity contribution in [2.45, 2.75) is 6.54 Å². The van der Waals surface area contributed by atoms with Crippen LogP contribution in [0.25, 0.3) is 39.1 Å². The maximum absolute atomic E-state index is 15.5. The highest BCUT2D eigenvalue weighted by molar-refractivity contribution is 5.94. The number of benzene rings is 3. The van der Waals surface area contributed by atoms with Gasteiger partial charge in [0.15, 0.2) is 5.75 Å². The molecule has 9 heteroatoms. The van der Waals surface area contributed by atoms with Crippen LogP contribution in [0, 0.1) is 5.82 Å². The van der Waals surface area contributed by atoms with Gasteiger partial charge in [-0.3, -0.25) is 9.36 Å². The average molecular weight is 498 g/mol. The number of hydrogen-bond acceptors (Lipinski definition) is 6. The molecule has 186 valence electrons. The fourth-order valence-corrected chi connectivity index (χ4v) is 4.33. The predicted molar refractivity (Wildman–Crippen MR) is 139 cm³/mol. The van der Waals surface area contributed by atoms with E-state index >= 15 is 4.39 Å². The number of carbonyl (C=O) groups is 1. The molecule has 5 aromatic rings. The van der Waals surface area contributed by atoms with Crippen LogP contribution in [0.15, 0.2) is 79.3 Å². The molecule has 0 radical (unpaired) electrons. The number of carbonyl (C=O) groups excluding carboxylic acids is 1. The lowest BCUT2D eigenvalue weighted by Crippen LogP contribution is -2.17. The van der Waals surface area contributed by atoms with Crippen LogP contribution in [0.3, 0.4) is 0 Å². The molecule has 2 aromatic heterocycles. The molecule has 0 unspecified atom stereocenters. The van der Waals surface area contributed by atoms with Crippen LogP contribution in [0.1, 0.15) is 15.9 Å². The van der Waals surface area contributed by atoms with Crippen molar-refractivity contribution in [1.29, 1.82) is 0 Å². The Bertz CT molecular complexity index is 1620. The van der Waals surface area contributed by atoms with Crippen LogP contribution in [0.4, 0.5) is 4.39 Å². The summed E-state index contributed by atoms with van der Waals surface area (Å²) in [5.74, 6) is -1.36. The van der Waals surface area contributed by atoms with Gasteiger partial charge in [-0.2, -0.15) is 0 Å². The number of primary amides is 1. The molecule has 0 saturated heterocycles. The number of aliphatic hydroxyl groups is 1. The van der Waals surface area contributed by atoms with E-state index in [9.17, 15) is 9.90 Å². The molecular formula is C28H24FN5O3. The number of halogens is 1. The number of amides is 1. The molecule has 3 aromatic carbocycles. The first-order valence-corrected chi connectivity index (χ1v) is 11.6. The Hall–Kier alpha value is -4.60. The van der Waals surface area contributed by atoms with Gasteiger partial charge in [0.05, 0.1) is 12.8 Å². The van der Waals surface area contributed by atoms with Crippen LogP contribution in [0.5, 0.6) is 5.75 Å². The fraction of sp³-hybridized carbons (Fsp3) is 0.107. The summed E-state index contributed by atoms with van der Waals surface area (Å²) in [6.45, 7) is 1.01. The second kappa shape index (κ2) is 10.2. The van der Waals surface area contributed by atoms with Gasteiger partial charge in [-0.1, -0.05) is 36.4 Å². The predicted octanol–water partition coefficient (Wildman–Crippen LogP) is 3.78. The van der Waals surface area contributed by atoms with Gasteiger partial charge in [-0.15, -0.1) is 0 Å². The number of rotatable bonds is 8. The van der Waals surface area contributed by atoms with Crippen molar-refractivity contribution < 1.29 is 19.4 Å². The van der Waals surface area contributed by atoms with E-state index in [0.29, 0.717) is 40.9 Å². The number of nitrogens with zero attached hydrogens (tertiary/aromatic N) is 3. The lowest BCUT2D eigenvalue weighted by atomic mass is 9.97. The Morgan fingerprint density at radius 3 is 2.65 bits per heavy atom. The quantitative estimate of drug-likeness (QED) is 0.242. The number of fused-ring (bicyclic) bond motifs is 1. The highest BCUT2D eigenvalue weighted by Crippen LogP contribution is 2.37. The monoisotopic (exact) mass is 497 g/mol. The largest absolute Gasteiger partial charge is 0.504 e. The summed E-state index contributed by atoms with van der Waals surface area (Å²) in [4.78, 5) is 20.2. The van der Waals surface area contributed by atoms with Crippen molar-refractivity contribution in [3.8, 4) is 33.8 Å². The first-order valence-electron chi connectivity index (χ1n) is 11.6. The van der Waals surface area contributed by atoms with Crippen LogP contribution >= 0.6 is 0 Å². The Balaban J connectivity index is 1.56. The number of pyridine rings is 1. The van der Waals surface area contributed by atoms with Crippen molar-refractivity contribution in [3.05, 3.63) is 96.2 Å². The summed E-state index contributed by atoms with van der Waals surface area (Å²) >= 11 is 0. The van der Waals surface area contributed by atoms with E-state index in [0.717, 1.165) is 11.1 Å². The molecule has 8 nitrogen and oxygen atoms in total. The van der Waals surface area contributed by atoms with Gasteiger partial charge in [0, 0.05) is 29.9 Å². The number of aromatic nitrogens is 3. The van der Waals surface area contributed by atoms with Gasteiger partial charge in [-0.25, -0.2) is 14.4 Å². The van der Waals surface area contributed by atoms with Crippen molar-refractivity contribution >= 4 is 16.9 Å². The molecule has 5 rings (SSSR count). The van der Waals surface area contributed by atoms with E-state index in [4.69, 9.17) is 10.8 Å². The zero-order valence-electron chi connectivity index (χ0n) is 19.7. The van der Waals surface area contributed by atoms with Gasteiger partial charge in [-0.05, 0) is 47.0 Å². The highest BCUT2D eigenvalue weighted by Gasteiger charge is 2.19. The summed E-state index contributed by atoms with van der Waals surface area (Å²) in [6.07, 6.45) is 2.96. The maximum atomic E-state index is 15.5. The number of aliphatic hydroxyl groups excluding tert-OH is 1. The molecule has 0 aliphatic heterocycles. The third-order valence-corrected chi connectivity index (χ3v) is 6.13. The minimum atomic E-state index is -0.578. The minimum Gasteiger partial charge on any atom is -0.504 e. The topological polar surface area (TPSA) is 126 Å². The Labute approximate surface area is 211 Å². The van der Waals surface area contributed by atoms with Gasteiger partial charge < -0.3 is 21.3 Å². The van der Waals surface area contributed by atoms with Crippen molar-refractivity contribution in [3.63, 3.8) is 0 Å². The lowest BCUT2D eigenvalue weighted by molar-refractivity contribution is 0.1000. The summed E-state index contributed by atoms with van der Waals surface area (Å²) in [6, 6.07) is 19.0. The third-order valence-electron chi connectivity index (χ3n) is 6.13. The van der Waals surface area contributed by atoms with Crippen LogP contribution in [0.2, 0.25) is 0 Å². The van der Waals surface area contributed by atoms with Crippen molar-refractivity contribution in [1.82, 2.24) is 19.9 Å². The molecule has 0 saturated carbocycles. The Morgan fingerprint density at radius 1 is 1.03 bits per heavy atom.